The van der Waals surface area contributed by atoms with Gasteiger partial charge in [-0.2, -0.15) is 0 Å². The topological polar surface area (TPSA) is 92.4 Å². The predicted molar refractivity (Wildman–Crippen MR) is 74.8 cm³/mol. The normalized spacial score (nSPS) is 14.1. The Balaban J connectivity index is 2.77. The van der Waals surface area contributed by atoms with Crippen molar-refractivity contribution in [2.45, 2.75) is 26.3 Å². The Morgan fingerprint density at radius 1 is 1.47 bits per heavy atom. The minimum Gasteiger partial charge on any atom is -0.481 e. The maximum Gasteiger partial charge on any atom is 0.305 e. The van der Waals surface area contributed by atoms with E-state index in [4.69, 9.17) is 10.8 Å². The summed E-state index contributed by atoms with van der Waals surface area (Å²) in [6.45, 7) is 4.11. The van der Waals surface area contributed by atoms with Crippen molar-refractivity contribution in [3.05, 3.63) is 22.4 Å². The van der Waals surface area contributed by atoms with Crippen molar-refractivity contribution >= 4 is 23.2 Å². The third-order valence-electron chi connectivity index (χ3n) is 2.98. The number of nitrogens with one attached hydrogen (secondary N) is 1. The van der Waals surface area contributed by atoms with Crippen molar-refractivity contribution in [3.8, 4) is 0 Å². The van der Waals surface area contributed by atoms with Gasteiger partial charge >= 0.3 is 5.97 Å². The number of rotatable bonds is 7. The van der Waals surface area contributed by atoms with Crippen LogP contribution in [0.2, 0.25) is 0 Å². The van der Waals surface area contributed by atoms with E-state index in [-0.39, 0.29) is 30.7 Å². The molecular formula is C13H20N2O3S. The zero-order chi connectivity index (χ0) is 14.4. The Morgan fingerprint density at radius 3 is 2.58 bits per heavy atom. The molecule has 1 rings (SSSR count). The Labute approximate surface area is 116 Å². The number of thiophene rings is 1. The first kappa shape index (κ1) is 15.7. The molecule has 0 aliphatic rings. The van der Waals surface area contributed by atoms with Gasteiger partial charge in [0.25, 0.3) is 0 Å². The fraction of sp³-hybridized carbons (Fsp3) is 0.538. The lowest BCUT2D eigenvalue weighted by Crippen LogP contribution is -2.40. The highest BCUT2D eigenvalue weighted by Crippen LogP contribution is 2.23. The molecule has 0 fully saturated rings. The van der Waals surface area contributed by atoms with E-state index in [1.807, 2.05) is 31.4 Å². The zero-order valence-corrected chi connectivity index (χ0v) is 11.9. The first-order chi connectivity index (χ1) is 8.95. The lowest BCUT2D eigenvalue weighted by molar-refractivity contribution is -0.138. The van der Waals surface area contributed by atoms with E-state index in [1.54, 1.807) is 0 Å². The molecule has 106 valence electrons. The molecule has 0 aromatic carbocycles. The van der Waals surface area contributed by atoms with Gasteiger partial charge in [-0.15, -0.1) is 11.3 Å². The molecule has 1 aromatic rings. The maximum absolute atomic E-state index is 12.1. The van der Waals surface area contributed by atoms with Gasteiger partial charge in [-0.1, -0.05) is 19.9 Å². The Morgan fingerprint density at radius 2 is 2.16 bits per heavy atom. The monoisotopic (exact) mass is 284 g/mol. The van der Waals surface area contributed by atoms with E-state index in [2.05, 4.69) is 5.32 Å². The minimum atomic E-state index is -0.937. The molecule has 4 N–H and O–H groups in total. The van der Waals surface area contributed by atoms with Crippen molar-refractivity contribution in [2.75, 3.05) is 6.54 Å². The maximum atomic E-state index is 12.1. The number of carboxylic acid groups (broad SMARTS) is 1. The third-order valence-corrected chi connectivity index (χ3v) is 3.96. The molecule has 0 aliphatic carbocycles. The van der Waals surface area contributed by atoms with Crippen LogP contribution in [0.5, 0.6) is 0 Å². The van der Waals surface area contributed by atoms with Crippen molar-refractivity contribution in [1.29, 1.82) is 0 Å². The molecule has 1 amide bonds. The lowest BCUT2D eigenvalue weighted by Gasteiger charge is -2.22. The van der Waals surface area contributed by atoms with Crippen LogP contribution in [0.25, 0.3) is 0 Å². The van der Waals surface area contributed by atoms with Crippen molar-refractivity contribution in [2.24, 2.45) is 17.6 Å². The van der Waals surface area contributed by atoms with Crippen LogP contribution in [-0.2, 0) is 9.59 Å². The van der Waals surface area contributed by atoms with Gasteiger partial charge in [-0.3, -0.25) is 9.59 Å². The number of carboxylic acids is 1. The van der Waals surface area contributed by atoms with Crippen LogP contribution in [0.1, 0.15) is 31.2 Å². The van der Waals surface area contributed by atoms with E-state index in [0.717, 1.165) is 4.88 Å². The van der Waals surface area contributed by atoms with E-state index < -0.39 is 12.0 Å². The highest BCUT2D eigenvalue weighted by Gasteiger charge is 2.25. The summed E-state index contributed by atoms with van der Waals surface area (Å²) in [5.41, 5.74) is 5.60. The average Bonchev–Trinajstić information content (AvgIpc) is 2.80. The Bertz CT molecular complexity index is 418. The molecule has 0 spiro atoms. The van der Waals surface area contributed by atoms with Gasteiger partial charge in [-0.05, 0) is 17.4 Å². The quantitative estimate of drug-likeness (QED) is 0.709. The van der Waals surface area contributed by atoms with Gasteiger partial charge in [-0.25, -0.2) is 0 Å². The summed E-state index contributed by atoms with van der Waals surface area (Å²) in [6.07, 6.45) is -0.123. The molecule has 6 heteroatoms. The highest BCUT2D eigenvalue weighted by atomic mass is 32.1. The van der Waals surface area contributed by atoms with Gasteiger partial charge in [0, 0.05) is 11.4 Å². The molecule has 0 aliphatic heterocycles. The highest BCUT2D eigenvalue weighted by molar-refractivity contribution is 7.10. The first-order valence-corrected chi connectivity index (χ1v) is 7.09. The summed E-state index contributed by atoms with van der Waals surface area (Å²) in [5, 5.41) is 13.6. The molecule has 5 nitrogen and oxygen atoms in total. The Kier molecular flexibility index (Phi) is 5.98. The summed E-state index contributed by atoms with van der Waals surface area (Å²) < 4.78 is 0. The molecule has 0 radical (unpaired) electrons. The molecule has 1 heterocycles. The summed E-state index contributed by atoms with van der Waals surface area (Å²) in [6, 6.07) is 3.17. The predicted octanol–water partition coefficient (Wildman–Crippen LogP) is 1.61. The number of nitrogens with two attached hydrogens (primary N) is 1. The molecule has 0 saturated carbocycles. The second-order valence-corrected chi connectivity index (χ2v) is 5.74. The number of hydrogen-bond acceptors (Lipinski definition) is 4. The Hall–Kier alpha value is -1.40. The second-order valence-electron chi connectivity index (χ2n) is 4.76. The summed E-state index contributed by atoms with van der Waals surface area (Å²) in [7, 11) is 0. The molecule has 2 unspecified atom stereocenters. The van der Waals surface area contributed by atoms with E-state index in [9.17, 15) is 9.59 Å². The van der Waals surface area contributed by atoms with E-state index in [1.165, 1.54) is 11.3 Å². The van der Waals surface area contributed by atoms with Gasteiger partial charge in [0.15, 0.2) is 0 Å². The number of carbonyl (C=O) groups excluding carboxylic acids is 1. The van der Waals surface area contributed by atoms with Crippen LogP contribution >= 0.6 is 11.3 Å². The standard InChI is InChI=1S/C13H20N2O3S/c1-8(2)9(7-14)13(18)15-10(6-12(16)17)11-4-3-5-19-11/h3-5,8-10H,6-7,14H2,1-2H3,(H,15,18)(H,16,17). The molecule has 19 heavy (non-hydrogen) atoms. The first-order valence-electron chi connectivity index (χ1n) is 6.21. The van der Waals surface area contributed by atoms with Crippen LogP contribution < -0.4 is 11.1 Å². The van der Waals surface area contributed by atoms with Crippen LogP contribution in [0, 0.1) is 11.8 Å². The van der Waals surface area contributed by atoms with Crippen molar-refractivity contribution in [1.82, 2.24) is 5.32 Å². The van der Waals surface area contributed by atoms with Crippen LogP contribution in [0.15, 0.2) is 17.5 Å². The van der Waals surface area contributed by atoms with Crippen LogP contribution in [0.3, 0.4) is 0 Å². The van der Waals surface area contributed by atoms with Gasteiger partial charge in [0.05, 0.1) is 18.4 Å². The summed E-state index contributed by atoms with van der Waals surface area (Å²) in [5.74, 6) is -1.29. The van der Waals surface area contributed by atoms with Gasteiger partial charge in [0.1, 0.15) is 0 Å². The average molecular weight is 284 g/mol. The number of aliphatic carboxylic acids is 1. The van der Waals surface area contributed by atoms with Crippen LogP contribution in [-0.4, -0.2) is 23.5 Å². The van der Waals surface area contributed by atoms with Crippen molar-refractivity contribution < 1.29 is 14.7 Å². The lowest BCUT2D eigenvalue weighted by atomic mass is 9.94. The second kappa shape index (κ2) is 7.25. The SMILES string of the molecule is CC(C)C(CN)C(=O)NC(CC(=O)O)c1cccs1. The minimum absolute atomic E-state index is 0.123. The number of hydrogen-bond donors (Lipinski definition) is 3. The van der Waals surface area contributed by atoms with Gasteiger partial charge in [0.2, 0.25) is 5.91 Å². The molecular weight excluding hydrogens is 264 g/mol. The van der Waals surface area contributed by atoms with Crippen LogP contribution in [0.4, 0.5) is 0 Å². The zero-order valence-electron chi connectivity index (χ0n) is 11.1. The summed E-state index contributed by atoms with van der Waals surface area (Å²) in [4.78, 5) is 23.9. The smallest absolute Gasteiger partial charge is 0.305 e. The molecule has 0 saturated heterocycles. The number of amides is 1. The van der Waals surface area contributed by atoms with E-state index >= 15 is 0 Å². The van der Waals surface area contributed by atoms with Gasteiger partial charge < -0.3 is 16.2 Å². The molecule has 2 atom stereocenters. The molecule has 0 bridgehead atoms. The third kappa shape index (κ3) is 4.65. The fourth-order valence-electron chi connectivity index (χ4n) is 1.85. The fourth-order valence-corrected chi connectivity index (χ4v) is 2.63. The molecule has 1 aromatic heterocycles. The number of carbonyl (C=O) groups is 2. The largest absolute Gasteiger partial charge is 0.481 e. The van der Waals surface area contributed by atoms with E-state index in [0.29, 0.717) is 0 Å². The van der Waals surface area contributed by atoms with Crippen molar-refractivity contribution in [3.63, 3.8) is 0 Å². The summed E-state index contributed by atoms with van der Waals surface area (Å²) >= 11 is 1.43.